The van der Waals surface area contributed by atoms with Gasteiger partial charge in [-0.3, -0.25) is 0 Å². The molecule has 9 aromatic rings. The molecular weight excluding hydrogens is 587 g/mol. The molecule has 0 bridgehead atoms. The fraction of sp³-hybridized carbons (Fsp3) is 0. The van der Waals surface area contributed by atoms with E-state index in [4.69, 9.17) is 9.97 Å². The van der Waals surface area contributed by atoms with Crippen LogP contribution in [0.15, 0.2) is 164 Å². The molecule has 2 nitrogen and oxygen atoms in total. The Balaban J connectivity index is 1.04. The number of nitrogens with zero attached hydrogens (tertiary/aromatic N) is 2. The second-order valence-electron chi connectivity index (χ2n) is 12.2. The van der Waals surface area contributed by atoms with Crippen LogP contribution in [-0.2, 0) is 0 Å². The first kappa shape index (κ1) is 26.5. The van der Waals surface area contributed by atoms with E-state index in [1.807, 2.05) is 0 Å². The number of aromatic nitrogens is 2. The predicted octanol–water partition coefficient (Wildman–Crippen LogP) is 10.2. The van der Waals surface area contributed by atoms with Gasteiger partial charge in [0, 0.05) is 16.5 Å². The summed E-state index contributed by atoms with van der Waals surface area (Å²) in [6.45, 7) is 0. The average Bonchev–Trinajstić information content (AvgIpc) is 3.45. The minimum Gasteiger partial charge on any atom is -0.244 e. The summed E-state index contributed by atoms with van der Waals surface area (Å²) in [5.41, 5.74) is 8.49. The highest BCUT2D eigenvalue weighted by Gasteiger charge is 2.24. The van der Waals surface area contributed by atoms with Crippen LogP contribution in [0.4, 0.5) is 0 Å². The zero-order chi connectivity index (χ0) is 30.9. The maximum Gasteiger partial charge on any atom is 0.0979 e. The zero-order valence-corrected chi connectivity index (χ0v) is 26.3. The van der Waals surface area contributed by atoms with Crippen molar-refractivity contribution in [3.8, 4) is 33.6 Å². The Morgan fingerprint density at radius 1 is 0.362 bits per heavy atom. The van der Waals surface area contributed by atoms with Crippen molar-refractivity contribution in [1.29, 1.82) is 0 Å². The second kappa shape index (κ2) is 10.4. The van der Waals surface area contributed by atoms with E-state index in [0.717, 1.165) is 28.0 Å². The summed E-state index contributed by atoms with van der Waals surface area (Å²) in [5.74, 6) is 0. The van der Waals surface area contributed by atoms with E-state index >= 15 is 0 Å². The van der Waals surface area contributed by atoms with Crippen LogP contribution in [0.1, 0.15) is 0 Å². The van der Waals surface area contributed by atoms with E-state index in [9.17, 15) is 0 Å². The van der Waals surface area contributed by atoms with E-state index in [2.05, 4.69) is 164 Å². The SMILES string of the molecule is c1ccc(P(c2ccccc2)c2ccc3c(ccc4cc(-c5ccc6nc7c(nc6c5)-c5cccc6cccc-7c56)ccc43)c2)cc1. The lowest BCUT2D eigenvalue weighted by molar-refractivity contribution is 1.32. The maximum absolute atomic E-state index is 5.19. The van der Waals surface area contributed by atoms with Crippen LogP contribution in [0.25, 0.3) is 77.0 Å². The maximum atomic E-state index is 5.19. The molecule has 3 heteroatoms. The van der Waals surface area contributed by atoms with Gasteiger partial charge in [-0.05, 0) is 86.2 Å². The van der Waals surface area contributed by atoms with E-state index in [1.165, 1.54) is 64.9 Å². The van der Waals surface area contributed by atoms with Gasteiger partial charge in [-0.1, -0.05) is 140 Å². The summed E-state index contributed by atoms with van der Waals surface area (Å²) in [4.78, 5) is 10.3. The van der Waals surface area contributed by atoms with Crippen molar-refractivity contribution in [2.24, 2.45) is 0 Å². The lowest BCUT2D eigenvalue weighted by Gasteiger charge is -2.20. The Hall–Kier alpha value is -5.69. The van der Waals surface area contributed by atoms with Crippen LogP contribution >= 0.6 is 7.92 Å². The molecule has 0 saturated carbocycles. The summed E-state index contributed by atoms with van der Waals surface area (Å²) >= 11 is 0. The summed E-state index contributed by atoms with van der Waals surface area (Å²) in [5, 5.41) is 11.6. The highest BCUT2D eigenvalue weighted by molar-refractivity contribution is 7.79. The first-order valence-electron chi connectivity index (χ1n) is 16.0. The molecule has 0 fully saturated rings. The smallest absolute Gasteiger partial charge is 0.0979 e. The molecule has 218 valence electrons. The predicted molar refractivity (Wildman–Crippen MR) is 201 cm³/mol. The van der Waals surface area contributed by atoms with Gasteiger partial charge < -0.3 is 0 Å². The Morgan fingerprint density at radius 2 is 0.936 bits per heavy atom. The monoisotopic (exact) mass is 614 g/mol. The topological polar surface area (TPSA) is 25.8 Å². The molecule has 10 rings (SSSR count). The van der Waals surface area contributed by atoms with Gasteiger partial charge in [0.15, 0.2) is 0 Å². The first-order valence-corrected chi connectivity index (χ1v) is 17.3. The van der Waals surface area contributed by atoms with Gasteiger partial charge in [0.05, 0.1) is 22.4 Å². The third-order valence-corrected chi connectivity index (χ3v) is 11.9. The fourth-order valence-corrected chi connectivity index (χ4v) is 9.65. The summed E-state index contributed by atoms with van der Waals surface area (Å²) in [6.07, 6.45) is 0. The standard InChI is InChI=1S/C44H27N2P/c1-3-11-33(12-4-1)47(34-13-5-2-6-14-34)35-21-23-37-32(26-35)18-17-31-25-29(19-22-36(31)37)30-20-24-40-41(27-30)46-44-39-16-8-10-28-9-7-15-38(42(28)39)43(44)45-40/h1-27H. The van der Waals surface area contributed by atoms with E-state index < -0.39 is 7.92 Å². The van der Waals surface area contributed by atoms with Gasteiger partial charge in [-0.15, -0.1) is 0 Å². The lowest BCUT2D eigenvalue weighted by Crippen LogP contribution is -2.20. The highest BCUT2D eigenvalue weighted by Crippen LogP contribution is 2.46. The number of hydrogen-bond acceptors (Lipinski definition) is 2. The van der Waals surface area contributed by atoms with Gasteiger partial charge in [0.25, 0.3) is 0 Å². The quantitative estimate of drug-likeness (QED) is 0.146. The zero-order valence-electron chi connectivity index (χ0n) is 25.4. The third kappa shape index (κ3) is 4.23. The van der Waals surface area contributed by atoms with Crippen LogP contribution in [0.5, 0.6) is 0 Å². The molecule has 0 radical (unpaired) electrons. The molecule has 0 aliphatic heterocycles. The van der Waals surface area contributed by atoms with Crippen molar-refractivity contribution >= 4 is 67.2 Å². The van der Waals surface area contributed by atoms with Crippen molar-refractivity contribution in [2.75, 3.05) is 0 Å². The second-order valence-corrected chi connectivity index (χ2v) is 14.5. The van der Waals surface area contributed by atoms with Crippen LogP contribution in [-0.4, -0.2) is 9.97 Å². The minimum absolute atomic E-state index is 0.648. The Kier molecular flexibility index (Phi) is 5.88. The minimum atomic E-state index is -0.648. The van der Waals surface area contributed by atoms with Crippen LogP contribution in [0, 0.1) is 0 Å². The molecule has 1 heterocycles. The molecule has 0 amide bonds. The number of hydrogen-bond donors (Lipinski definition) is 0. The van der Waals surface area contributed by atoms with Crippen molar-refractivity contribution in [3.63, 3.8) is 0 Å². The van der Waals surface area contributed by atoms with Gasteiger partial charge in [0.2, 0.25) is 0 Å². The molecule has 1 aliphatic carbocycles. The van der Waals surface area contributed by atoms with Gasteiger partial charge >= 0.3 is 0 Å². The Labute approximate surface area is 273 Å². The van der Waals surface area contributed by atoms with Crippen molar-refractivity contribution in [1.82, 2.24) is 9.97 Å². The molecule has 1 aromatic heterocycles. The summed E-state index contributed by atoms with van der Waals surface area (Å²) in [7, 11) is -0.648. The highest BCUT2D eigenvalue weighted by atomic mass is 31.1. The molecular formula is C44H27N2P. The number of fused-ring (bicyclic) bond motifs is 7. The number of benzene rings is 8. The van der Waals surface area contributed by atoms with Crippen molar-refractivity contribution < 1.29 is 0 Å². The molecule has 47 heavy (non-hydrogen) atoms. The molecule has 0 unspecified atom stereocenters. The molecule has 0 N–H and O–H groups in total. The summed E-state index contributed by atoms with van der Waals surface area (Å²) in [6, 6.07) is 59.6. The Bertz CT molecular complexity index is 2640. The van der Waals surface area contributed by atoms with Crippen LogP contribution < -0.4 is 15.9 Å². The number of rotatable bonds is 4. The largest absolute Gasteiger partial charge is 0.244 e. The Morgan fingerprint density at radius 3 is 1.62 bits per heavy atom. The molecule has 8 aromatic carbocycles. The van der Waals surface area contributed by atoms with E-state index in [0.29, 0.717) is 0 Å². The lowest BCUT2D eigenvalue weighted by atomic mass is 9.97. The van der Waals surface area contributed by atoms with Gasteiger partial charge in [-0.25, -0.2) is 9.97 Å². The van der Waals surface area contributed by atoms with E-state index in [-0.39, 0.29) is 0 Å². The molecule has 0 saturated heterocycles. The molecule has 1 aliphatic rings. The average molecular weight is 615 g/mol. The van der Waals surface area contributed by atoms with Crippen LogP contribution in [0.3, 0.4) is 0 Å². The van der Waals surface area contributed by atoms with Crippen molar-refractivity contribution in [2.45, 2.75) is 0 Å². The van der Waals surface area contributed by atoms with E-state index in [1.54, 1.807) is 0 Å². The normalized spacial score (nSPS) is 12.0. The molecule has 0 atom stereocenters. The van der Waals surface area contributed by atoms with Gasteiger partial charge in [-0.2, -0.15) is 0 Å². The molecule has 0 spiro atoms. The van der Waals surface area contributed by atoms with Crippen LogP contribution in [0.2, 0.25) is 0 Å². The summed E-state index contributed by atoms with van der Waals surface area (Å²) < 4.78 is 0. The first-order chi connectivity index (χ1) is 23.3. The fourth-order valence-electron chi connectivity index (χ4n) is 7.32. The van der Waals surface area contributed by atoms with Gasteiger partial charge in [0.1, 0.15) is 0 Å². The third-order valence-electron chi connectivity index (χ3n) is 9.52. The van der Waals surface area contributed by atoms with Crippen molar-refractivity contribution in [3.05, 3.63) is 164 Å².